The number of carbonyl (C=O) groups excluding carboxylic acids is 1. The minimum Gasteiger partial charge on any atom is -0.369 e. The molecule has 1 amide bonds. The summed E-state index contributed by atoms with van der Waals surface area (Å²) in [6, 6.07) is 11.6. The zero-order valence-electron chi connectivity index (χ0n) is 20.2. The van der Waals surface area contributed by atoms with Crippen LogP contribution in [0.25, 0.3) is 11.1 Å². The van der Waals surface area contributed by atoms with E-state index in [-0.39, 0.29) is 16.7 Å². The van der Waals surface area contributed by atoms with E-state index in [0.29, 0.717) is 48.6 Å². The summed E-state index contributed by atoms with van der Waals surface area (Å²) < 4.78 is 34.1. The first-order valence-electron chi connectivity index (χ1n) is 11.2. The maximum atomic E-state index is 13.6. The van der Waals surface area contributed by atoms with E-state index in [0.717, 1.165) is 5.69 Å². The number of hydrogen-bond donors (Lipinski definition) is 1. The molecule has 34 heavy (non-hydrogen) atoms. The molecule has 0 unspecified atom stereocenters. The predicted molar refractivity (Wildman–Crippen MR) is 133 cm³/mol. The fourth-order valence-corrected chi connectivity index (χ4v) is 6.03. The molecular weight excluding hydrogens is 452 g/mol. The third-order valence-electron chi connectivity index (χ3n) is 6.19. The molecule has 0 bridgehead atoms. The Hall–Kier alpha value is -3.17. The Morgan fingerprint density at radius 3 is 2.32 bits per heavy atom. The van der Waals surface area contributed by atoms with Crippen molar-refractivity contribution in [3.05, 3.63) is 58.8 Å². The Bertz CT molecular complexity index is 1340. The summed E-state index contributed by atoms with van der Waals surface area (Å²) in [6.07, 6.45) is 0. The van der Waals surface area contributed by atoms with Crippen LogP contribution in [0.5, 0.6) is 0 Å². The van der Waals surface area contributed by atoms with Crippen molar-refractivity contribution >= 4 is 27.5 Å². The largest absolute Gasteiger partial charge is 0.369 e. The number of carbonyl (C=O) groups is 1. The molecular formula is C25H30N4O4S. The lowest BCUT2D eigenvalue weighted by Gasteiger charge is -2.36. The fourth-order valence-electron chi connectivity index (χ4n) is 4.36. The standard InChI is InChI=1S/C25H30N4O4S/c1-16-6-7-17(2)22(14-16)28-10-12-29(13-11-28)34(31,32)23-15-21(9-8-18(23)3)24-19(4)27-33-25(24)26-20(5)30/h6-9,14-15H,10-13H2,1-5H3,(H,26,30). The van der Waals surface area contributed by atoms with E-state index < -0.39 is 10.0 Å². The molecule has 1 aromatic heterocycles. The van der Waals surface area contributed by atoms with Crippen LogP contribution in [0.15, 0.2) is 45.8 Å². The molecule has 1 aliphatic rings. The fraction of sp³-hybridized carbons (Fsp3) is 0.360. The van der Waals surface area contributed by atoms with E-state index in [2.05, 4.69) is 47.4 Å². The molecule has 3 aromatic rings. The summed E-state index contributed by atoms with van der Waals surface area (Å²) in [5.41, 5.74) is 5.96. The Kier molecular flexibility index (Phi) is 6.51. The van der Waals surface area contributed by atoms with E-state index in [1.54, 1.807) is 30.3 Å². The lowest BCUT2D eigenvalue weighted by Crippen LogP contribution is -2.49. The molecule has 8 nitrogen and oxygen atoms in total. The normalized spacial score (nSPS) is 14.9. The predicted octanol–water partition coefficient (Wildman–Crippen LogP) is 4.04. The number of aryl methyl sites for hydroxylation is 4. The SMILES string of the molecule is CC(=O)Nc1onc(C)c1-c1ccc(C)c(S(=O)(=O)N2CCN(c3cc(C)ccc3C)CC2)c1. The zero-order chi connectivity index (χ0) is 24.6. The molecule has 1 fully saturated rings. The Labute approximate surface area is 200 Å². The zero-order valence-corrected chi connectivity index (χ0v) is 21.0. The summed E-state index contributed by atoms with van der Waals surface area (Å²) in [4.78, 5) is 14.1. The van der Waals surface area contributed by atoms with Crippen LogP contribution in [0, 0.1) is 27.7 Å². The maximum absolute atomic E-state index is 13.6. The summed E-state index contributed by atoms with van der Waals surface area (Å²) in [6.45, 7) is 11.1. The number of anilines is 2. The van der Waals surface area contributed by atoms with Crippen molar-refractivity contribution in [3.63, 3.8) is 0 Å². The van der Waals surface area contributed by atoms with Crippen molar-refractivity contribution in [2.75, 3.05) is 36.4 Å². The van der Waals surface area contributed by atoms with Crippen molar-refractivity contribution in [1.29, 1.82) is 0 Å². The summed E-state index contributed by atoms with van der Waals surface area (Å²) in [5.74, 6) is -0.0848. The Balaban J connectivity index is 1.61. The van der Waals surface area contributed by atoms with E-state index >= 15 is 0 Å². The summed E-state index contributed by atoms with van der Waals surface area (Å²) in [5, 5.41) is 6.57. The Morgan fingerprint density at radius 1 is 0.971 bits per heavy atom. The van der Waals surface area contributed by atoms with Gasteiger partial charge in [-0.15, -0.1) is 0 Å². The average Bonchev–Trinajstić information content (AvgIpc) is 3.15. The third-order valence-corrected chi connectivity index (χ3v) is 8.23. The third kappa shape index (κ3) is 4.58. The van der Waals surface area contributed by atoms with Gasteiger partial charge in [0.15, 0.2) is 0 Å². The second kappa shape index (κ2) is 9.23. The van der Waals surface area contributed by atoms with Crippen LogP contribution in [-0.4, -0.2) is 50.0 Å². The summed E-state index contributed by atoms with van der Waals surface area (Å²) in [7, 11) is -3.71. The molecule has 0 radical (unpaired) electrons. The summed E-state index contributed by atoms with van der Waals surface area (Å²) >= 11 is 0. The van der Waals surface area contributed by atoms with E-state index in [9.17, 15) is 13.2 Å². The molecule has 0 spiro atoms. The number of aromatic nitrogens is 1. The van der Waals surface area contributed by atoms with Gasteiger partial charge in [0.2, 0.25) is 21.8 Å². The molecule has 9 heteroatoms. The van der Waals surface area contributed by atoms with Crippen molar-refractivity contribution < 1.29 is 17.7 Å². The minimum atomic E-state index is -3.71. The van der Waals surface area contributed by atoms with Gasteiger partial charge in [-0.1, -0.05) is 29.4 Å². The molecule has 4 rings (SSSR count). The van der Waals surface area contributed by atoms with Crippen molar-refractivity contribution in [2.45, 2.75) is 39.5 Å². The average molecular weight is 483 g/mol. The molecule has 0 saturated carbocycles. The first-order chi connectivity index (χ1) is 16.1. The molecule has 1 aliphatic heterocycles. The van der Waals surface area contributed by atoms with Crippen LogP contribution in [-0.2, 0) is 14.8 Å². The molecule has 0 aliphatic carbocycles. The van der Waals surface area contributed by atoms with Gasteiger partial charge in [-0.3, -0.25) is 10.1 Å². The number of piperazine rings is 1. The molecule has 2 aromatic carbocycles. The van der Waals surface area contributed by atoms with Gasteiger partial charge in [0.05, 0.1) is 16.2 Å². The monoisotopic (exact) mass is 482 g/mol. The number of sulfonamides is 1. The van der Waals surface area contributed by atoms with Crippen LogP contribution in [0.3, 0.4) is 0 Å². The van der Waals surface area contributed by atoms with E-state index in [4.69, 9.17) is 4.52 Å². The van der Waals surface area contributed by atoms with Gasteiger partial charge >= 0.3 is 0 Å². The van der Waals surface area contributed by atoms with E-state index in [1.807, 2.05) is 6.07 Å². The maximum Gasteiger partial charge on any atom is 0.243 e. The molecule has 180 valence electrons. The second-order valence-electron chi connectivity index (χ2n) is 8.81. The highest BCUT2D eigenvalue weighted by atomic mass is 32.2. The molecule has 0 atom stereocenters. The number of nitrogens with one attached hydrogen (secondary N) is 1. The van der Waals surface area contributed by atoms with Crippen LogP contribution < -0.4 is 10.2 Å². The highest BCUT2D eigenvalue weighted by Gasteiger charge is 2.31. The van der Waals surface area contributed by atoms with Crippen molar-refractivity contribution in [3.8, 4) is 11.1 Å². The minimum absolute atomic E-state index is 0.208. The van der Waals surface area contributed by atoms with Crippen molar-refractivity contribution in [2.24, 2.45) is 0 Å². The lowest BCUT2D eigenvalue weighted by atomic mass is 10.0. The Morgan fingerprint density at radius 2 is 1.65 bits per heavy atom. The van der Waals surface area contributed by atoms with Gasteiger partial charge < -0.3 is 9.42 Å². The van der Waals surface area contributed by atoms with Gasteiger partial charge in [-0.25, -0.2) is 8.42 Å². The smallest absolute Gasteiger partial charge is 0.243 e. The first-order valence-corrected chi connectivity index (χ1v) is 12.7. The van der Waals surface area contributed by atoms with Crippen LogP contribution in [0.2, 0.25) is 0 Å². The van der Waals surface area contributed by atoms with Gasteiger partial charge in [0.1, 0.15) is 0 Å². The number of benzene rings is 2. The van der Waals surface area contributed by atoms with Gasteiger partial charge in [0, 0.05) is 38.8 Å². The quantitative estimate of drug-likeness (QED) is 0.590. The lowest BCUT2D eigenvalue weighted by molar-refractivity contribution is -0.114. The van der Waals surface area contributed by atoms with Crippen LogP contribution in [0.1, 0.15) is 29.3 Å². The first kappa shape index (κ1) is 24.0. The van der Waals surface area contributed by atoms with Crippen LogP contribution in [0.4, 0.5) is 11.6 Å². The second-order valence-corrected chi connectivity index (χ2v) is 10.7. The topological polar surface area (TPSA) is 95.8 Å². The van der Waals surface area contributed by atoms with Crippen LogP contribution >= 0.6 is 0 Å². The number of hydrogen-bond acceptors (Lipinski definition) is 6. The molecule has 1 saturated heterocycles. The number of nitrogens with zero attached hydrogens (tertiary/aromatic N) is 3. The van der Waals surface area contributed by atoms with Gasteiger partial charge in [-0.05, 0) is 62.1 Å². The highest BCUT2D eigenvalue weighted by molar-refractivity contribution is 7.89. The van der Waals surface area contributed by atoms with Gasteiger partial charge in [0.25, 0.3) is 0 Å². The molecule has 1 N–H and O–H groups in total. The highest BCUT2D eigenvalue weighted by Crippen LogP contribution is 2.34. The van der Waals surface area contributed by atoms with E-state index in [1.165, 1.54) is 18.1 Å². The van der Waals surface area contributed by atoms with Crippen molar-refractivity contribution in [1.82, 2.24) is 9.46 Å². The number of amides is 1. The van der Waals surface area contributed by atoms with Gasteiger partial charge in [-0.2, -0.15) is 4.31 Å². The number of rotatable bonds is 5. The molecule has 2 heterocycles.